The molecule has 120 valence electrons. The molecule has 1 heterocycles. The molecule has 1 aliphatic carbocycles. The van der Waals surface area contributed by atoms with Gasteiger partial charge in [0, 0.05) is 24.4 Å². The Labute approximate surface area is 140 Å². The van der Waals surface area contributed by atoms with E-state index in [-0.39, 0.29) is 17.8 Å². The summed E-state index contributed by atoms with van der Waals surface area (Å²) in [6.45, 7) is 6.52. The van der Waals surface area contributed by atoms with Gasteiger partial charge >= 0.3 is 0 Å². The van der Waals surface area contributed by atoms with Crippen LogP contribution in [0.1, 0.15) is 61.9 Å². The van der Waals surface area contributed by atoms with Crippen LogP contribution in [0.3, 0.4) is 0 Å². The molecule has 0 N–H and O–H groups in total. The highest BCUT2D eigenvalue weighted by Crippen LogP contribution is 2.43. The van der Waals surface area contributed by atoms with Crippen molar-refractivity contribution in [2.24, 2.45) is 5.41 Å². The van der Waals surface area contributed by atoms with Gasteiger partial charge in [0.15, 0.2) is 5.78 Å². The molecule has 1 fully saturated rings. The van der Waals surface area contributed by atoms with Crippen LogP contribution in [-0.4, -0.2) is 23.8 Å². The number of nitrogens with zero attached hydrogens (tertiary/aromatic N) is 1. The van der Waals surface area contributed by atoms with Gasteiger partial charge in [-0.2, -0.15) is 0 Å². The van der Waals surface area contributed by atoms with Crippen LogP contribution >= 0.6 is 12.4 Å². The smallest absolute Gasteiger partial charge is 0.175 e. The maximum atomic E-state index is 13.1. The van der Waals surface area contributed by atoms with Crippen LogP contribution < -0.4 is 0 Å². The van der Waals surface area contributed by atoms with Crippen LogP contribution in [0, 0.1) is 5.41 Å². The molecule has 1 unspecified atom stereocenters. The van der Waals surface area contributed by atoms with Crippen molar-refractivity contribution in [3.63, 3.8) is 0 Å². The van der Waals surface area contributed by atoms with E-state index < -0.39 is 0 Å². The minimum atomic E-state index is -0.347. The lowest BCUT2D eigenvalue weighted by molar-refractivity contribution is 0.0790. The number of Topliss-reactive ketones (excluding diaryl/α,β-unsaturated/α-hetero) is 1. The molecule has 0 radical (unpaired) electrons. The van der Waals surface area contributed by atoms with Crippen molar-refractivity contribution in [3.05, 3.63) is 41.1 Å². The summed E-state index contributed by atoms with van der Waals surface area (Å²) in [6.07, 6.45) is 8.05. The SMILES string of the molecule is CCCC1(C)C(=O)c2ccccc2C=C1N1CCCCC1.Cl. The number of halogens is 1. The highest BCUT2D eigenvalue weighted by atomic mass is 35.5. The number of hydrogen-bond acceptors (Lipinski definition) is 2. The van der Waals surface area contributed by atoms with Gasteiger partial charge in [-0.05, 0) is 44.2 Å². The average molecular weight is 320 g/mol. The number of allylic oxidation sites excluding steroid dienone is 1. The summed E-state index contributed by atoms with van der Waals surface area (Å²) in [7, 11) is 0. The molecule has 0 spiro atoms. The zero-order valence-electron chi connectivity index (χ0n) is 13.6. The summed E-state index contributed by atoms with van der Waals surface area (Å²) in [6, 6.07) is 8.06. The van der Waals surface area contributed by atoms with Gasteiger partial charge in [0.25, 0.3) is 0 Å². The van der Waals surface area contributed by atoms with E-state index in [9.17, 15) is 4.79 Å². The summed E-state index contributed by atoms with van der Waals surface area (Å²) in [5.74, 6) is 0.308. The van der Waals surface area contributed by atoms with E-state index in [0.717, 1.165) is 37.1 Å². The number of carbonyl (C=O) groups excluding carboxylic acids is 1. The highest BCUT2D eigenvalue weighted by Gasteiger charge is 2.42. The summed E-state index contributed by atoms with van der Waals surface area (Å²) >= 11 is 0. The molecule has 22 heavy (non-hydrogen) atoms. The molecule has 1 aromatic rings. The molecular weight excluding hydrogens is 294 g/mol. The number of likely N-dealkylation sites (tertiary alicyclic amines) is 1. The van der Waals surface area contributed by atoms with Crippen LogP contribution in [0.4, 0.5) is 0 Å². The topological polar surface area (TPSA) is 20.3 Å². The summed E-state index contributed by atoms with van der Waals surface area (Å²) in [5, 5.41) is 0. The first-order chi connectivity index (χ1) is 10.2. The fourth-order valence-electron chi connectivity index (χ4n) is 3.87. The van der Waals surface area contributed by atoms with Crippen molar-refractivity contribution in [2.45, 2.75) is 46.0 Å². The van der Waals surface area contributed by atoms with Crippen LogP contribution in [0.2, 0.25) is 0 Å². The lowest BCUT2D eigenvalue weighted by Gasteiger charge is -2.43. The minimum absolute atomic E-state index is 0. The van der Waals surface area contributed by atoms with Gasteiger partial charge in [-0.15, -0.1) is 12.4 Å². The van der Waals surface area contributed by atoms with E-state index in [1.165, 1.54) is 25.0 Å². The molecule has 1 saturated heterocycles. The van der Waals surface area contributed by atoms with Crippen LogP contribution in [0.15, 0.2) is 30.0 Å². The average Bonchev–Trinajstić information content (AvgIpc) is 2.52. The van der Waals surface area contributed by atoms with Crippen molar-refractivity contribution in [1.29, 1.82) is 0 Å². The molecule has 3 heteroatoms. The number of piperidine rings is 1. The maximum absolute atomic E-state index is 13.1. The number of hydrogen-bond donors (Lipinski definition) is 0. The van der Waals surface area contributed by atoms with Crippen LogP contribution in [0.5, 0.6) is 0 Å². The predicted molar refractivity (Wildman–Crippen MR) is 94.4 cm³/mol. The van der Waals surface area contributed by atoms with Crippen LogP contribution in [0.25, 0.3) is 6.08 Å². The Kier molecular flexibility index (Phi) is 5.33. The van der Waals surface area contributed by atoms with Crippen molar-refractivity contribution in [2.75, 3.05) is 13.1 Å². The standard InChI is InChI=1S/C19H25NO.ClH/c1-3-11-19(2)17(20-12-7-4-8-13-20)14-15-9-5-6-10-16(15)18(19)21;/h5-6,9-10,14H,3-4,7-8,11-13H2,1-2H3;1H. The molecule has 2 nitrogen and oxygen atoms in total. The van der Waals surface area contributed by atoms with E-state index in [1.807, 2.05) is 18.2 Å². The third-order valence-electron chi connectivity index (χ3n) is 5.01. The normalized spacial score (nSPS) is 24.4. The third-order valence-corrected chi connectivity index (χ3v) is 5.01. The number of carbonyl (C=O) groups is 1. The fraction of sp³-hybridized carbons (Fsp3) is 0.526. The summed E-state index contributed by atoms with van der Waals surface area (Å²) in [4.78, 5) is 15.6. The van der Waals surface area contributed by atoms with Gasteiger partial charge in [0.1, 0.15) is 0 Å². The van der Waals surface area contributed by atoms with E-state index in [4.69, 9.17) is 0 Å². The van der Waals surface area contributed by atoms with Gasteiger partial charge < -0.3 is 4.90 Å². The maximum Gasteiger partial charge on any atom is 0.175 e. The van der Waals surface area contributed by atoms with E-state index >= 15 is 0 Å². The minimum Gasteiger partial charge on any atom is -0.374 e. The van der Waals surface area contributed by atoms with E-state index in [2.05, 4.69) is 30.9 Å². The Hall–Kier alpha value is -1.28. The van der Waals surface area contributed by atoms with Gasteiger partial charge in [-0.3, -0.25) is 4.79 Å². The predicted octanol–water partition coefficient (Wildman–Crippen LogP) is 4.94. The van der Waals surface area contributed by atoms with Gasteiger partial charge in [0.05, 0.1) is 5.41 Å². The molecule has 1 aliphatic heterocycles. The largest absolute Gasteiger partial charge is 0.374 e. The molecule has 3 rings (SSSR count). The monoisotopic (exact) mass is 319 g/mol. The first-order valence-electron chi connectivity index (χ1n) is 8.28. The second-order valence-electron chi connectivity index (χ2n) is 6.58. The Bertz CT molecular complexity index is 575. The molecule has 1 aromatic carbocycles. The Morgan fingerprint density at radius 2 is 1.82 bits per heavy atom. The molecule has 0 aromatic heterocycles. The van der Waals surface area contributed by atoms with Crippen molar-refractivity contribution in [3.8, 4) is 0 Å². The number of rotatable bonds is 3. The number of benzene rings is 1. The quantitative estimate of drug-likeness (QED) is 0.786. The van der Waals surface area contributed by atoms with Crippen molar-refractivity contribution in [1.82, 2.24) is 4.90 Å². The number of ketones is 1. The lowest BCUT2D eigenvalue weighted by Crippen LogP contribution is -2.43. The van der Waals surface area contributed by atoms with Gasteiger partial charge in [0.2, 0.25) is 0 Å². The van der Waals surface area contributed by atoms with Crippen molar-refractivity contribution < 1.29 is 4.79 Å². The lowest BCUT2D eigenvalue weighted by atomic mass is 9.70. The van der Waals surface area contributed by atoms with E-state index in [0.29, 0.717) is 5.78 Å². The zero-order chi connectivity index (χ0) is 14.9. The molecule has 0 saturated carbocycles. The highest BCUT2D eigenvalue weighted by molar-refractivity contribution is 6.07. The molecule has 0 amide bonds. The van der Waals surface area contributed by atoms with Gasteiger partial charge in [-0.25, -0.2) is 0 Å². The zero-order valence-corrected chi connectivity index (χ0v) is 14.4. The van der Waals surface area contributed by atoms with E-state index in [1.54, 1.807) is 0 Å². The Morgan fingerprint density at radius 3 is 2.50 bits per heavy atom. The number of fused-ring (bicyclic) bond motifs is 1. The Balaban J connectivity index is 0.00000176. The van der Waals surface area contributed by atoms with Gasteiger partial charge in [-0.1, -0.05) is 37.6 Å². The third kappa shape index (κ3) is 2.81. The molecular formula is C19H26ClNO. The first kappa shape index (κ1) is 17.1. The summed E-state index contributed by atoms with van der Waals surface area (Å²) < 4.78 is 0. The first-order valence-corrected chi connectivity index (χ1v) is 8.28. The molecule has 2 aliphatic rings. The van der Waals surface area contributed by atoms with Crippen molar-refractivity contribution >= 4 is 24.3 Å². The van der Waals surface area contributed by atoms with Crippen LogP contribution in [-0.2, 0) is 0 Å². The molecule has 0 bridgehead atoms. The summed E-state index contributed by atoms with van der Waals surface area (Å²) in [5.41, 5.74) is 2.90. The molecule has 1 atom stereocenters. The second-order valence-corrected chi connectivity index (χ2v) is 6.58. The Morgan fingerprint density at radius 1 is 1.14 bits per heavy atom. The second kappa shape index (κ2) is 6.87. The fourth-order valence-corrected chi connectivity index (χ4v) is 3.87.